The van der Waals surface area contributed by atoms with Gasteiger partial charge in [-0.3, -0.25) is 9.59 Å². The van der Waals surface area contributed by atoms with E-state index in [-0.39, 0.29) is 13.0 Å². The number of allylic oxidation sites excluding steroid dienone is 1. The molecular weight excluding hydrogens is 1060 g/mol. The first-order valence-corrected chi connectivity index (χ1v) is 37.5. The summed E-state index contributed by atoms with van der Waals surface area (Å²) in [5, 5.41) is 57.3. The highest BCUT2D eigenvalue weighted by Crippen LogP contribution is 2.27. The zero-order valence-corrected chi connectivity index (χ0v) is 56.3. The number of carbonyl (C=O) groups is 2. The van der Waals surface area contributed by atoms with Crippen molar-refractivity contribution in [2.24, 2.45) is 0 Å². The summed E-state index contributed by atoms with van der Waals surface area (Å²) in [6.07, 6.45) is 64.2. The Morgan fingerprint density at radius 2 is 0.765 bits per heavy atom. The summed E-state index contributed by atoms with van der Waals surface area (Å²) in [6, 6.07) is -1.02. The number of carbonyl (C=O) groups excluding carboxylic acids is 2. The Kier molecular flexibility index (Phi) is 59.9. The van der Waals surface area contributed by atoms with Crippen LogP contribution in [0.5, 0.6) is 0 Å². The number of hydrogen-bond donors (Lipinski definition) is 6. The second kappa shape index (κ2) is 62.6. The molecule has 8 atom stereocenters. The van der Waals surface area contributed by atoms with Gasteiger partial charge >= 0.3 is 5.97 Å². The zero-order valence-electron chi connectivity index (χ0n) is 56.3. The van der Waals surface area contributed by atoms with Crippen LogP contribution in [-0.4, -0.2) is 99.6 Å². The number of ether oxygens (including phenoxy) is 3. The summed E-state index contributed by atoms with van der Waals surface area (Å²) in [7, 11) is 0. The third kappa shape index (κ3) is 49.8. The van der Waals surface area contributed by atoms with Crippen LogP contribution in [-0.2, 0) is 23.8 Å². The second-order valence-electron chi connectivity index (χ2n) is 26.4. The standard InChI is InChI=1S/C74H143NO10/c1-4-7-10-13-16-19-22-24-26-28-30-31-32-33-34-35-36-38-39-41-43-46-49-52-55-58-61-67(78)73(82)75-65(66(77)60-57-54-51-48-45-21-18-15-12-9-6-3)64-83-74-72(71(81)70(80)68(63-76)84-74)85-69(79)62-59-56-53-50-47-44-42-40-37-29-27-25-23-20-17-14-11-8-5-2/h57,60,65-68,70-72,74,76-78,80-81H,4-56,58-59,61-64H2,1-3H3,(H,75,82)/b60-57+. The molecule has 0 aromatic rings. The summed E-state index contributed by atoms with van der Waals surface area (Å²) >= 11 is 0. The number of hydrogen-bond acceptors (Lipinski definition) is 10. The van der Waals surface area contributed by atoms with Crippen molar-refractivity contribution in [2.75, 3.05) is 13.2 Å². The Morgan fingerprint density at radius 1 is 0.447 bits per heavy atom. The van der Waals surface area contributed by atoms with Crippen molar-refractivity contribution in [1.29, 1.82) is 0 Å². The highest BCUT2D eigenvalue weighted by Gasteiger charge is 2.47. The minimum atomic E-state index is -1.61. The van der Waals surface area contributed by atoms with Crippen LogP contribution in [0.25, 0.3) is 0 Å². The predicted octanol–water partition coefficient (Wildman–Crippen LogP) is 19.4. The number of rotatable bonds is 66. The summed E-state index contributed by atoms with van der Waals surface area (Å²) < 4.78 is 17.7. The van der Waals surface area contributed by atoms with Gasteiger partial charge in [-0.05, 0) is 25.7 Å². The van der Waals surface area contributed by atoms with E-state index in [1.165, 1.54) is 283 Å². The van der Waals surface area contributed by atoms with Gasteiger partial charge in [0.1, 0.15) is 24.4 Å². The van der Waals surface area contributed by atoms with E-state index in [1.807, 2.05) is 6.08 Å². The average molecular weight is 1210 g/mol. The number of unbranched alkanes of at least 4 members (excludes halogenated alkanes) is 52. The number of nitrogens with one attached hydrogen (secondary N) is 1. The summed E-state index contributed by atoms with van der Waals surface area (Å²) in [4.78, 5) is 26.7. The Balaban J connectivity index is 2.49. The molecule has 1 heterocycles. The Bertz CT molecular complexity index is 1430. The molecule has 1 aliphatic heterocycles. The fourth-order valence-corrected chi connectivity index (χ4v) is 12.3. The Labute approximate surface area is 525 Å². The van der Waals surface area contributed by atoms with Crippen LogP contribution < -0.4 is 5.32 Å². The molecule has 8 unspecified atom stereocenters. The molecule has 0 spiro atoms. The lowest BCUT2D eigenvalue weighted by molar-refractivity contribution is -0.305. The van der Waals surface area contributed by atoms with Crippen LogP contribution in [0, 0.1) is 0 Å². The van der Waals surface area contributed by atoms with Crippen molar-refractivity contribution in [1.82, 2.24) is 5.32 Å². The number of amides is 1. The molecule has 0 bridgehead atoms. The first-order chi connectivity index (χ1) is 41.7. The highest BCUT2D eigenvalue weighted by atomic mass is 16.7. The van der Waals surface area contributed by atoms with Crippen molar-refractivity contribution in [3.63, 3.8) is 0 Å². The molecule has 0 saturated carbocycles. The van der Waals surface area contributed by atoms with Gasteiger partial charge in [-0.15, -0.1) is 0 Å². The Morgan fingerprint density at radius 3 is 1.11 bits per heavy atom. The molecule has 1 aliphatic rings. The van der Waals surface area contributed by atoms with Crippen LogP contribution in [0.4, 0.5) is 0 Å². The largest absolute Gasteiger partial charge is 0.454 e. The molecule has 0 radical (unpaired) electrons. The first-order valence-electron chi connectivity index (χ1n) is 37.5. The van der Waals surface area contributed by atoms with E-state index in [9.17, 15) is 35.1 Å². The molecule has 85 heavy (non-hydrogen) atoms. The van der Waals surface area contributed by atoms with Crippen LogP contribution in [0.15, 0.2) is 12.2 Å². The third-order valence-corrected chi connectivity index (χ3v) is 18.2. The van der Waals surface area contributed by atoms with Gasteiger partial charge in [-0.1, -0.05) is 367 Å². The molecule has 6 N–H and O–H groups in total. The topological polar surface area (TPSA) is 175 Å². The zero-order chi connectivity index (χ0) is 61.7. The maximum Gasteiger partial charge on any atom is 0.306 e. The van der Waals surface area contributed by atoms with E-state index >= 15 is 0 Å². The smallest absolute Gasteiger partial charge is 0.306 e. The lowest BCUT2D eigenvalue weighted by Crippen LogP contribution is -2.61. The summed E-state index contributed by atoms with van der Waals surface area (Å²) in [6.45, 7) is 5.86. The minimum Gasteiger partial charge on any atom is -0.454 e. The van der Waals surface area contributed by atoms with E-state index in [0.717, 1.165) is 57.8 Å². The van der Waals surface area contributed by atoms with Gasteiger partial charge in [-0.2, -0.15) is 0 Å². The van der Waals surface area contributed by atoms with Crippen LogP contribution in [0.1, 0.15) is 387 Å². The third-order valence-electron chi connectivity index (χ3n) is 18.2. The molecule has 11 nitrogen and oxygen atoms in total. The van der Waals surface area contributed by atoms with Gasteiger partial charge in [0.15, 0.2) is 12.4 Å². The molecule has 504 valence electrons. The van der Waals surface area contributed by atoms with E-state index in [2.05, 4.69) is 26.1 Å². The van der Waals surface area contributed by atoms with Gasteiger partial charge in [0.2, 0.25) is 5.91 Å². The van der Waals surface area contributed by atoms with Gasteiger partial charge in [0.05, 0.1) is 25.4 Å². The molecule has 1 saturated heterocycles. The molecule has 1 fully saturated rings. The first kappa shape index (κ1) is 81.4. The maximum atomic E-state index is 13.5. The van der Waals surface area contributed by atoms with Gasteiger partial charge < -0.3 is 45.1 Å². The lowest BCUT2D eigenvalue weighted by atomic mass is 9.99. The van der Waals surface area contributed by atoms with Crippen molar-refractivity contribution in [2.45, 2.75) is 436 Å². The fraction of sp³-hybridized carbons (Fsp3) is 0.946. The van der Waals surface area contributed by atoms with Gasteiger partial charge in [0, 0.05) is 6.42 Å². The molecule has 1 amide bonds. The predicted molar refractivity (Wildman–Crippen MR) is 357 cm³/mol. The second-order valence-corrected chi connectivity index (χ2v) is 26.4. The molecule has 0 aromatic heterocycles. The normalized spacial score (nSPS) is 18.3. The molecule has 0 aliphatic carbocycles. The number of esters is 1. The van der Waals surface area contributed by atoms with Crippen molar-refractivity contribution in [3.05, 3.63) is 12.2 Å². The highest BCUT2D eigenvalue weighted by molar-refractivity contribution is 5.80. The van der Waals surface area contributed by atoms with Gasteiger partial charge in [-0.25, -0.2) is 0 Å². The minimum absolute atomic E-state index is 0.132. The van der Waals surface area contributed by atoms with Crippen LogP contribution in [0.3, 0.4) is 0 Å². The Hall–Kier alpha value is -1.60. The average Bonchev–Trinajstić information content (AvgIpc) is 2.68. The van der Waals surface area contributed by atoms with Crippen LogP contribution >= 0.6 is 0 Å². The van der Waals surface area contributed by atoms with E-state index in [4.69, 9.17) is 14.2 Å². The fourth-order valence-electron chi connectivity index (χ4n) is 12.3. The lowest BCUT2D eigenvalue weighted by Gasteiger charge is -2.41. The molecular formula is C74H143NO10. The quantitative estimate of drug-likeness (QED) is 0.0195. The van der Waals surface area contributed by atoms with E-state index in [1.54, 1.807) is 6.08 Å². The molecule has 0 aromatic carbocycles. The maximum absolute atomic E-state index is 13.5. The van der Waals surface area contributed by atoms with Crippen molar-refractivity contribution in [3.8, 4) is 0 Å². The number of aliphatic hydroxyl groups excluding tert-OH is 5. The van der Waals surface area contributed by atoms with E-state index < -0.39 is 67.4 Å². The van der Waals surface area contributed by atoms with Gasteiger partial charge in [0.25, 0.3) is 0 Å². The SMILES string of the molecule is CCCCCCCCCCC/C=C/C(O)C(COC1OC(CO)C(O)C(O)C1OC(=O)CCCCCCCCCCCCCCCCCCCCC)NC(=O)C(O)CCCCCCCCCCCCCCCCCCCCCCCCCCCC. The van der Waals surface area contributed by atoms with Crippen LogP contribution in [0.2, 0.25) is 0 Å². The number of aliphatic hydroxyl groups is 5. The molecule has 11 heteroatoms. The van der Waals surface area contributed by atoms with Crippen molar-refractivity contribution < 1.29 is 49.3 Å². The molecule has 1 rings (SSSR count). The summed E-state index contributed by atoms with van der Waals surface area (Å²) in [5.41, 5.74) is 0. The monoisotopic (exact) mass is 1210 g/mol. The van der Waals surface area contributed by atoms with E-state index in [0.29, 0.717) is 19.3 Å². The summed E-state index contributed by atoms with van der Waals surface area (Å²) in [5.74, 6) is -1.17. The van der Waals surface area contributed by atoms with Crippen molar-refractivity contribution >= 4 is 11.9 Å².